The van der Waals surface area contributed by atoms with Gasteiger partial charge < -0.3 is 18.9 Å². The lowest BCUT2D eigenvalue weighted by Crippen LogP contribution is -2.10. The zero-order chi connectivity index (χ0) is 54.4. The summed E-state index contributed by atoms with van der Waals surface area (Å²) in [7, 11) is 0. The summed E-state index contributed by atoms with van der Waals surface area (Å²) in [6.07, 6.45) is 1.62. The van der Waals surface area contributed by atoms with Crippen LogP contribution >= 0.6 is 0 Å². The molecule has 0 aliphatic heterocycles. The summed E-state index contributed by atoms with van der Waals surface area (Å²) in [5.74, 6) is 0. The Bertz CT molecular complexity index is 4650. The molecule has 2 aliphatic rings. The summed E-state index contributed by atoms with van der Waals surface area (Å²) in [5.41, 5.74) is 26.6. The number of para-hydroxylation sites is 4. The van der Waals surface area contributed by atoms with Crippen molar-refractivity contribution in [1.29, 1.82) is 10.5 Å². The van der Waals surface area contributed by atoms with Crippen molar-refractivity contribution in [2.24, 2.45) is 0 Å². The predicted molar refractivity (Wildman–Crippen MR) is 336 cm³/mol. The van der Waals surface area contributed by atoms with Gasteiger partial charge in [0.15, 0.2) is 0 Å². The zero-order valence-corrected chi connectivity index (χ0v) is 44.5. The van der Waals surface area contributed by atoms with Crippen LogP contribution in [0.4, 0.5) is 34.1 Å². The van der Waals surface area contributed by atoms with Gasteiger partial charge >= 0.3 is 0 Å². The van der Waals surface area contributed by atoms with Gasteiger partial charge in [-0.3, -0.25) is 0 Å². The zero-order valence-electron chi connectivity index (χ0n) is 44.5. The molecule has 0 bridgehead atoms. The minimum atomic E-state index is 0.680. The third kappa shape index (κ3) is 7.40. The lowest BCUT2D eigenvalue weighted by Gasteiger charge is -2.26. The molecule has 12 aromatic carbocycles. The van der Waals surface area contributed by atoms with E-state index in [9.17, 15) is 10.5 Å². The first kappa shape index (κ1) is 46.9. The number of nitriles is 2. The quantitative estimate of drug-likeness (QED) is 0.144. The number of hydrogen-bond acceptors (Lipinski definition) is 4. The fraction of sp³-hybridized carbons (Fsp3) is 0.0263. The monoisotopic (exact) mass is 1040 g/mol. The molecule has 2 aliphatic carbocycles. The predicted octanol–water partition coefficient (Wildman–Crippen LogP) is 19.4. The van der Waals surface area contributed by atoms with Gasteiger partial charge in [-0.15, -0.1) is 0 Å². The van der Waals surface area contributed by atoms with Crippen LogP contribution in [-0.2, 0) is 12.8 Å². The molecule has 14 aromatic rings. The molecule has 0 amide bonds. The molecule has 16 rings (SSSR count). The van der Waals surface area contributed by atoms with Gasteiger partial charge in [0.25, 0.3) is 0 Å². The van der Waals surface area contributed by atoms with Crippen molar-refractivity contribution in [3.8, 4) is 56.9 Å². The maximum absolute atomic E-state index is 9.86. The van der Waals surface area contributed by atoms with Gasteiger partial charge in [-0.25, -0.2) is 0 Å². The van der Waals surface area contributed by atoms with Gasteiger partial charge in [0.1, 0.15) is 0 Å². The Morgan fingerprint density at radius 3 is 1.05 bits per heavy atom. The number of fused-ring (bicyclic) bond motifs is 14. The van der Waals surface area contributed by atoms with E-state index in [4.69, 9.17) is 0 Å². The van der Waals surface area contributed by atoms with Crippen LogP contribution in [-0.4, -0.2) is 9.13 Å². The van der Waals surface area contributed by atoms with Gasteiger partial charge in [-0.2, -0.15) is 10.5 Å². The third-order valence-electron chi connectivity index (χ3n) is 17.0. The molecule has 2 heterocycles. The Labute approximate surface area is 474 Å². The van der Waals surface area contributed by atoms with E-state index in [1.54, 1.807) is 0 Å². The van der Waals surface area contributed by atoms with Crippen LogP contribution in [0.3, 0.4) is 0 Å². The van der Waals surface area contributed by atoms with Crippen molar-refractivity contribution < 1.29 is 0 Å². The van der Waals surface area contributed by atoms with Crippen LogP contribution < -0.4 is 9.80 Å². The molecule has 0 saturated carbocycles. The van der Waals surface area contributed by atoms with Crippen LogP contribution in [0.5, 0.6) is 0 Å². The molecule has 6 nitrogen and oxygen atoms in total. The molecular formula is C76H48N6. The molecule has 2 aromatic heterocycles. The van der Waals surface area contributed by atoms with Crippen molar-refractivity contribution in [3.63, 3.8) is 0 Å². The minimum absolute atomic E-state index is 0.680. The van der Waals surface area contributed by atoms with Gasteiger partial charge in [0.05, 0.1) is 45.3 Å². The second-order valence-electron chi connectivity index (χ2n) is 21.5. The van der Waals surface area contributed by atoms with Gasteiger partial charge in [-0.05, 0) is 214 Å². The van der Waals surface area contributed by atoms with Gasteiger partial charge in [0.2, 0.25) is 0 Å². The van der Waals surface area contributed by atoms with E-state index in [-0.39, 0.29) is 0 Å². The van der Waals surface area contributed by atoms with Crippen molar-refractivity contribution in [1.82, 2.24) is 9.13 Å². The van der Waals surface area contributed by atoms with Crippen molar-refractivity contribution in [2.45, 2.75) is 12.8 Å². The van der Waals surface area contributed by atoms with Crippen molar-refractivity contribution >= 4 is 77.7 Å². The third-order valence-corrected chi connectivity index (χ3v) is 17.0. The molecule has 382 valence electrons. The van der Waals surface area contributed by atoms with E-state index in [1.165, 1.54) is 66.0 Å². The van der Waals surface area contributed by atoms with Crippen LogP contribution in [0.15, 0.2) is 267 Å². The molecule has 0 N–H and O–H groups in total. The molecule has 0 radical (unpaired) electrons. The lowest BCUT2D eigenvalue weighted by atomic mass is 9.99. The highest BCUT2D eigenvalue weighted by molar-refractivity contribution is 6.16. The molecule has 0 atom stereocenters. The average molecular weight is 1050 g/mol. The van der Waals surface area contributed by atoms with E-state index in [0.717, 1.165) is 91.6 Å². The molecule has 82 heavy (non-hydrogen) atoms. The van der Waals surface area contributed by atoms with E-state index in [1.807, 2.05) is 12.1 Å². The summed E-state index contributed by atoms with van der Waals surface area (Å²) in [6.45, 7) is 0. The van der Waals surface area contributed by atoms with E-state index >= 15 is 0 Å². The highest BCUT2D eigenvalue weighted by Gasteiger charge is 2.28. The first-order valence-corrected chi connectivity index (χ1v) is 27.9. The normalized spacial score (nSPS) is 12.0. The summed E-state index contributed by atoms with van der Waals surface area (Å²) < 4.78 is 4.79. The number of hydrogen-bond donors (Lipinski definition) is 0. The molecule has 0 unspecified atom stereocenters. The Kier molecular flexibility index (Phi) is 10.7. The number of nitrogens with zero attached hydrogens (tertiary/aromatic N) is 6. The Hall–Kier alpha value is -11.2. The first-order valence-electron chi connectivity index (χ1n) is 27.9. The van der Waals surface area contributed by atoms with E-state index in [0.29, 0.717) is 11.1 Å². The highest BCUT2D eigenvalue weighted by atomic mass is 15.1. The summed E-state index contributed by atoms with van der Waals surface area (Å²) in [6, 6.07) is 100. The second kappa shape index (κ2) is 18.7. The smallest absolute Gasteiger partial charge is 0.0991 e. The summed E-state index contributed by atoms with van der Waals surface area (Å²) in [5, 5.41) is 24.6. The number of rotatable bonds is 9. The van der Waals surface area contributed by atoms with Crippen molar-refractivity contribution in [3.05, 3.63) is 300 Å². The highest BCUT2D eigenvalue weighted by Crippen LogP contribution is 2.49. The van der Waals surface area contributed by atoms with Crippen LogP contribution in [0.2, 0.25) is 0 Å². The molecular weight excluding hydrogens is 997 g/mol. The average Bonchev–Trinajstić information content (AvgIpc) is 2.54. The number of benzene rings is 12. The molecule has 0 saturated heterocycles. The minimum Gasteiger partial charge on any atom is -0.310 e. The largest absolute Gasteiger partial charge is 0.310 e. The van der Waals surface area contributed by atoms with Crippen LogP contribution in [0.25, 0.3) is 88.4 Å². The Balaban J connectivity index is 0.779. The maximum Gasteiger partial charge on any atom is 0.0991 e. The van der Waals surface area contributed by atoms with Gasteiger partial charge in [0, 0.05) is 67.0 Å². The standard InChI is InChI=1S/C76H48N6/c77-47-49-21-23-53-43-67-63(65(53)41-49)35-39-73-75(67)69-45-61(33-37-71(69)81(73)57-17-9-3-10-18-57)79(55-13-5-1-6-14-55)59-29-25-51(26-30-59)52-27-31-60(32-28-52)80(56-15-7-2-8-16-56)62-34-38-72-70(46-62)76-68-44-54-24-22-50(48-78)42-66(54)64(68)36-40-74(76)82(72)58-19-11-4-12-20-58/h1-42,45-46H,43-44H2. The van der Waals surface area contributed by atoms with E-state index in [2.05, 4.69) is 286 Å². The topological polar surface area (TPSA) is 63.9 Å². The Morgan fingerprint density at radius 1 is 0.305 bits per heavy atom. The fourth-order valence-electron chi connectivity index (χ4n) is 13.3. The Morgan fingerprint density at radius 2 is 0.659 bits per heavy atom. The SMILES string of the molecule is N#Cc1ccc2c(c1)-c1ccc3c(c1C2)c1cc(N(c2ccccc2)c2ccc(-c4ccc(N(c5ccccc5)c5ccc6c(c5)c5c7c(ccc5n6-c5ccccc5)-c5cc(C#N)ccc5C7)cc4)cc2)ccc1n3-c1ccccc1. The maximum atomic E-state index is 9.86. The van der Waals surface area contributed by atoms with Crippen LogP contribution in [0.1, 0.15) is 33.4 Å². The second-order valence-corrected chi connectivity index (χ2v) is 21.5. The summed E-state index contributed by atoms with van der Waals surface area (Å²) in [4.78, 5) is 4.72. The van der Waals surface area contributed by atoms with Crippen LogP contribution in [0, 0.1) is 22.7 Å². The van der Waals surface area contributed by atoms with E-state index < -0.39 is 0 Å². The summed E-state index contributed by atoms with van der Waals surface area (Å²) >= 11 is 0. The van der Waals surface area contributed by atoms with Gasteiger partial charge in [-0.1, -0.05) is 121 Å². The lowest BCUT2D eigenvalue weighted by molar-refractivity contribution is 1.18. The number of aromatic nitrogens is 2. The molecule has 0 fully saturated rings. The molecule has 0 spiro atoms. The van der Waals surface area contributed by atoms with Crippen molar-refractivity contribution in [2.75, 3.05) is 9.80 Å². The molecule has 6 heteroatoms. The number of anilines is 6. The fourth-order valence-corrected chi connectivity index (χ4v) is 13.3. The first-order chi connectivity index (χ1) is 40.6.